The molecule has 1 N–H and O–H groups in total. The summed E-state index contributed by atoms with van der Waals surface area (Å²) >= 11 is 0. The minimum absolute atomic E-state index is 0.00976. The highest BCUT2D eigenvalue weighted by atomic mass is 19.1. The molecule has 152 valence electrons. The van der Waals surface area contributed by atoms with E-state index in [0.29, 0.717) is 11.3 Å². The van der Waals surface area contributed by atoms with Crippen molar-refractivity contribution in [3.05, 3.63) is 71.6 Å². The molecule has 29 heavy (non-hydrogen) atoms. The molecule has 1 heterocycles. The first-order valence-electron chi connectivity index (χ1n) is 9.69. The van der Waals surface area contributed by atoms with Gasteiger partial charge in [-0.2, -0.15) is 0 Å². The monoisotopic (exact) mass is 396 g/mol. The maximum absolute atomic E-state index is 13.0. The van der Waals surface area contributed by atoms with Crippen molar-refractivity contribution in [2.45, 2.75) is 12.8 Å². The topological polar surface area (TPSA) is 58.6 Å². The number of nitrogens with zero attached hydrogens (tertiary/aromatic N) is 1. The molecule has 0 radical (unpaired) electrons. The summed E-state index contributed by atoms with van der Waals surface area (Å²) in [7, 11) is 1.33. The van der Waals surface area contributed by atoms with Crippen LogP contribution in [0.25, 0.3) is 6.08 Å². The lowest BCUT2D eigenvalue weighted by molar-refractivity contribution is 0.0848. The van der Waals surface area contributed by atoms with Gasteiger partial charge in [0, 0.05) is 23.7 Å². The number of Topliss-reactive ketones (excluding diaryl/α,β-unsaturated/α-hetero) is 1. The molecule has 1 saturated heterocycles. The van der Waals surface area contributed by atoms with Crippen LogP contribution in [0, 0.1) is 11.7 Å². The van der Waals surface area contributed by atoms with Crippen LogP contribution in [0.2, 0.25) is 0 Å². The highest BCUT2D eigenvalue weighted by Crippen LogP contribution is 2.22. The Kier molecular flexibility index (Phi) is 7.14. The van der Waals surface area contributed by atoms with Gasteiger partial charge in [-0.05, 0) is 67.9 Å². The zero-order valence-corrected chi connectivity index (χ0v) is 16.4. The first kappa shape index (κ1) is 20.7. The summed E-state index contributed by atoms with van der Waals surface area (Å²) in [5.74, 6) is -0.200. The Morgan fingerprint density at radius 3 is 2.38 bits per heavy atom. The summed E-state index contributed by atoms with van der Waals surface area (Å²) in [5, 5.41) is 2.61. The van der Waals surface area contributed by atoms with E-state index in [9.17, 15) is 14.0 Å². The number of hydrogen-bond donors (Lipinski definition) is 1. The molecular formula is C23H25FN2O3. The summed E-state index contributed by atoms with van der Waals surface area (Å²) in [4.78, 5) is 26.0. The van der Waals surface area contributed by atoms with E-state index in [0.717, 1.165) is 38.0 Å². The lowest BCUT2D eigenvalue weighted by Gasteiger charge is -2.30. The second-order valence-electron chi connectivity index (χ2n) is 7.09. The molecule has 2 aromatic carbocycles. The molecule has 5 nitrogen and oxygen atoms in total. The molecule has 6 heteroatoms. The van der Waals surface area contributed by atoms with E-state index in [1.54, 1.807) is 12.1 Å². The molecule has 0 unspecified atom stereocenters. The van der Waals surface area contributed by atoms with Crippen LogP contribution in [0.5, 0.6) is 0 Å². The molecule has 0 spiro atoms. The Morgan fingerprint density at radius 2 is 1.76 bits per heavy atom. The van der Waals surface area contributed by atoms with Crippen LogP contribution in [0.3, 0.4) is 0 Å². The fraction of sp³-hybridized carbons (Fsp3) is 0.304. The number of carbonyl (C=O) groups excluding carboxylic acids is 2. The van der Waals surface area contributed by atoms with Crippen LogP contribution in [0.15, 0.2) is 54.6 Å². The van der Waals surface area contributed by atoms with Crippen molar-refractivity contribution in [2.24, 2.45) is 5.92 Å². The van der Waals surface area contributed by atoms with Crippen molar-refractivity contribution >= 4 is 23.6 Å². The number of likely N-dealkylation sites (tertiary alicyclic amines) is 1. The lowest BCUT2D eigenvalue weighted by atomic mass is 9.89. The Morgan fingerprint density at radius 1 is 1.10 bits per heavy atom. The summed E-state index contributed by atoms with van der Waals surface area (Å²) in [6.45, 7) is 2.55. The van der Waals surface area contributed by atoms with Crippen LogP contribution >= 0.6 is 0 Å². The van der Waals surface area contributed by atoms with Gasteiger partial charge in [-0.25, -0.2) is 9.18 Å². The Hall–Kier alpha value is -2.99. The smallest absolute Gasteiger partial charge is 0.411 e. The van der Waals surface area contributed by atoms with Gasteiger partial charge >= 0.3 is 6.09 Å². The van der Waals surface area contributed by atoms with E-state index in [4.69, 9.17) is 0 Å². The number of ether oxygens (including phenoxy) is 1. The first-order valence-corrected chi connectivity index (χ1v) is 9.69. The maximum atomic E-state index is 13.0. The molecule has 2 aromatic rings. The molecule has 0 bridgehead atoms. The summed E-state index contributed by atoms with van der Waals surface area (Å²) in [6.07, 6.45) is 5.29. The standard InChI is InChI=1S/C23H25FN2O3/c1-29-23(28)25-21-10-4-17(5-11-21)3-2-14-26-15-12-19(13-16-26)22(27)18-6-8-20(24)9-7-18/h2-11,19H,12-16H2,1H3,(H,25,28)/b3-2+. The van der Waals surface area contributed by atoms with E-state index in [-0.39, 0.29) is 17.5 Å². The molecule has 3 rings (SSSR count). The van der Waals surface area contributed by atoms with Crippen molar-refractivity contribution in [3.8, 4) is 0 Å². The molecule has 0 aromatic heterocycles. The van der Waals surface area contributed by atoms with E-state index >= 15 is 0 Å². The predicted molar refractivity (Wildman–Crippen MR) is 111 cm³/mol. The largest absolute Gasteiger partial charge is 0.453 e. The average molecular weight is 396 g/mol. The third kappa shape index (κ3) is 5.99. The van der Waals surface area contributed by atoms with Gasteiger partial charge in [-0.3, -0.25) is 15.0 Å². The Bertz CT molecular complexity index is 855. The number of rotatable bonds is 6. The van der Waals surface area contributed by atoms with Crippen molar-refractivity contribution in [2.75, 3.05) is 32.1 Å². The van der Waals surface area contributed by atoms with Gasteiger partial charge in [0.05, 0.1) is 7.11 Å². The number of carbonyl (C=O) groups is 2. The minimum atomic E-state index is -0.491. The van der Waals surface area contributed by atoms with Gasteiger partial charge in [0.15, 0.2) is 5.78 Å². The van der Waals surface area contributed by atoms with Crippen LogP contribution in [0.1, 0.15) is 28.8 Å². The van der Waals surface area contributed by atoms with Gasteiger partial charge in [0.25, 0.3) is 0 Å². The maximum Gasteiger partial charge on any atom is 0.411 e. The van der Waals surface area contributed by atoms with Crippen LogP contribution in [0.4, 0.5) is 14.9 Å². The van der Waals surface area contributed by atoms with Crippen LogP contribution in [-0.2, 0) is 4.74 Å². The molecule has 0 aliphatic carbocycles. The predicted octanol–water partition coefficient (Wildman–Crippen LogP) is 4.61. The van der Waals surface area contributed by atoms with Crippen LogP contribution < -0.4 is 5.32 Å². The SMILES string of the molecule is COC(=O)Nc1ccc(/C=C/CN2CCC(C(=O)c3ccc(F)cc3)CC2)cc1. The normalized spacial score (nSPS) is 15.4. The Balaban J connectivity index is 1.44. The third-order valence-corrected chi connectivity index (χ3v) is 5.10. The van der Waals surface area contributed by atoms with Gasteiger partial charge in [-0.1, -0.05) is 24.3 Å². The van der Waals surface area contributed by atoms with E-state index in [2.05, 4.69) is 21.0 Å². The quantitative estimate of drug-likeness (QED) is 0.725. The van der Waals surface area contributed by atoms with Gasteiger partial charge in [0.2, 0.25) is 0 Å². The third-order valence-electron chi connectivity index (χ3n) is 5.10. The van der Waals surface area contributed by atoms with E-state index < -0.39 is 6.09 Å². The highest BCUT2D eigenvalue weighted by molar-refractivity contribution is 5.97. The molecule has 0 saturated carbocycles. The molecule has 1 aliphatic heterocycles. The second kappa shape index (κ2) is 9.98. The molecular weight excluding hydrogens is 371 g/mol. The fourth-order valence-corrected chi connectivity index (χ4v) is 3.41. The van der Waals surface area contributed by atoms with Crippen molar-refractivity contribution in [3.63, 3.8) is 0 Å². The van der Waals surface area contributed by atoms with Crippen molar-refractivity contribution in [1.29, 1.82) is 0 Å². The lowest BCUT2D eigenvalue weighted by Crippen LogP contribution is -2.36. The number of piperidine rings is 1. The highest BCUT2D eigenvalue weighted by Gasteiger charge is 2.25. The Labute approximate surface area is 170 Å². The molecule has 1 aliphatic rings. The number of benzene rings is 2. The summed E-state index contributed by atoms with van der Waals surface area (Å²) < 4.78 is 17.6. The fourth-order valence-electron chi connectivity index (χ4n) is 3.41. The number of anilines is 1. The summed E-state index contributed by atoms with van der Waals surface area (Å²) in [6, 6.07) is 13.3. The summed E-state index contributed by atoms with van der Waals surface area (Å²) in [5.41, 5.74) is 2.32. The van der Waals surface area contributed by atoms with Crippen molar-refractivity contribution in [1.82, 2.24) is 4.90 Å². The molecule has 0 atom stereocenters. The first-order chi connectivity index (χ1) is 14.0. The van der Waals surface area contributed by atoms with Gasteiger partial charge in [0.1, 0.15) is 5.82 Å². The van der Waals surface area contributed by atoms with Gasteiger partial charge < -0.3 is 4.74 Å². The number of amides is 1. The van der Waals surface area contributed by atoms with E-state index in [1.165, 1.54) is 19.2 Å². The number of nitrogens with one attached hydrogen (secondary N) is 1. The second-order valence-corrected chi connectivity index (χ2v) is 7.09. The number of hydrogen-bond acceptors (Lipinski definition) is 4. The van der Waals surface area contributed by atoms with Crippen molar-refractivity contribution < 1.29 is 18.7 Å². The number of ketones is 1. The number of halogens is 1. The molecule has 1 amide bonds. The molecule has 1 fully saturated rings. The number of methoxy groups -OCH3 is 1. The average Bonchev–Trinajstić information content (AvgIpc) is 2.75. The van der Waals surface area contributed by atoms with Gasteiger partial charge in [-0.15, -0.1) is 0 Å². The minimum Gasteiger partial charge on any atom is -0.453 e. The van der Waals surface area contributed by atoms with Crippen LogP contribution in [-0.4, -0.2) is 43.5 Å². The van der Waals surface area contributed by atoms with E-state index in [1.807, 2.05) is 30.3 Å². The zero-order chi connectivity index (χ0) is 20.6. The zero-order valence-electron chi connectivity index (χ0n) is 16.4.